The van der Waals surface area contributed by atoms with Crippen LogP contribution in [0.4, 0.5) is 30.5 Å². The summed E-state index contributed by atoms with van der Waals surface area (Å²) in [5.41, 5.74) is 0.312. The molecular weight excluding hydrogens is 425 g/mol. The standard InChI is InChI=1S/C22H25F3N4O3/c1-3-32-20(31)7-4-14-10-18(25)22(29-9-8-16(12-29)26-13(2)30)28-21(14)27-19-6-5-15(23)11-17(19)24/h5-6,10-11,16H,3-4,7-9,12H2,1-2H3,(H,26,30)(H,27,28). The molecule has 1 fully saturated rings. The van der Waals surface area contributed by atoms with Crippen LogP contribution in [0.1, 0.15) is 32.3 Å². The first-order chi connectivity index (χ1) is 15.3. The van der Waals surface area contributed by atoms with Gasteiger partial charge in [-0.25, -0.2) is 18.2 Å². The fourth-order valence-electron chi connectivity index (χ4n) is 3.58. The molecular formula is C22H25F3N4O3. The number of esters is 1. The fourth-order valence-corrected chi connectivity index (χ4v) is 3.58. The van der Waals surface area contributed by atoms with Crippen molar-refractivity contribution in [3.8, 4) is 0 Å². The van der Waals surface area contributed by atoms with Gasteiger partial charge in [0, 0.05) is 38.5 Å². The van der Waals surface area contributed by atoms with E-state index in [1.165, 1.54) is 19.1 Å². The Morgan fingerprint density at radius 1 is 1.22 bits per heavy atom. The number of ether oxygens (including phenoxy) is 1. The number of amides is 1. The lowest BCUT2D eigenvalue weighted by atomic mass is 10.1. The number of carbonyl (C=O) groups excluding carboxylic acids is 2. The van der Waals surface area contributed by atoms with E-state index < -0.39 is 23.4 Å². The molecule has 1 aromatic heterocycles. The second-order valence-corrected chi connectivity index (χ2v) is 7.49. The van der Waals surface area contributed by atoms with Gasteiger partial charge in [-0.3, -0.25) is 9.59 Å². The fraction of sp³-hybridized carbons (Fsp3) is 0.409. The molecule has 1 aromatic carbocycles. The summed E-state index contributed by atoms with van der Waals surface area (Å²) in [7, 11) is 0. The highest BCUT2D eigenvalue weighted by atomic mass is 19.1. The third-order valence-electron chi connectivity index (χ3n) is 5.02. The Labute approximate surface area is 184 Å². The van der Waals surface area contributed by atoms with Gasteiger partial charge in [-0.2, -0.15) is 0 Å². The lowest BCUT2D eigenvalue weighted by Crippen LogP contribution is -2.36. The number of hydrogen-bond donors (Lipinski definition) is 2. The predicted octanol–water partition coefficient (Wildman–Crippen LogP) is 3.45. The molecule has 172 valence electrons. The second kappa shape index (κ2) is 10.3. The zero-order valence-electron chi connectivity index (χ0n) is 17.9. The molecule has 1 amide bonds. The number of pyridine rings is 1. The smallest absolute Gasteiger partial charge is 0.306 e. The highest BCUT2D eigenvalue weighted by Crippen LogP contribution is 2.30. The van der Waals surface area contributed by atoms with Crippen LogP contribution in [0.2, 0.25) is 0 Å². The van der Waals surface area contributed by atoms with Gasteiger partial charge < -0.3 is 20.3 Å². The highest BCUT2D eigenvalue weighted by molar-refractivity contribution is 5.73. The number of anilines is 3. The minimum absolute atomic E-state index is 0.0107. The quantitative estimate of drug-likeness (QED) is 0.600. The van der Waals surface area contributed by atoms with E-state index in [2.05, 4.69) is 15.6 Å². The van der Waals surface area contributed by atoms with Gasteiger partial charge in [0.2, 0.25) is 5.91 Å². The van der Waals surface area contributed by atoms with E-state index in [1.807, 2.05) is 0 Å². The third kappa shape index (κ3) is 5.89. The van der Waals surface area contributed by atoms with E-state index >= 15 is 0 Å². The Bertz CT molecular complexity index is 1000. The molecule has 0 spiro atoms. The Morgan fingerprint density at radius 2 is 2.00 bits per heavy atom. The van der Waals surface area contributed by atoms with E-state index in [0.717, 1.165) is 12.1 Å². The predicted molar refractivity (Wildman–Crippen MR) is 113 cm³/mol. The summed E-state index contributed by atoms with van der Waals surface area (Å²) in [5, 5.41) is 5.59. The molecule has 1 aliphatic rings. The van der Waals surface area contributed by atoms with Crippen LogP contribution in [0, 0.1) is 17.5 Å². The van der Waals surface area contributed by atoms with Crippen LogP contribution < -0.4 is 15.5 Å². The van der Waals surface area contributed by atoms with Gasteiger partial charge in [0.25, 0.3) is 0 Å². The first-order valence-electron chi connectivity index (χ1n) is 10.4. The second-order valence-electron chi connectivity index (χ2n) is 7.49. The van der Waals surface area contributed by atoms with Crippen molar-refractivity contribution >= 4 is 29.2 Å². The summed E-state index contributed by atoms with van der Waals surface area (Å²) < 4.78 is 47.4. The number of carbonyl (C=O) groups is 2. The maximum atomic E-state index is 15.0. The first kappa shape index (κ1) is 23.4. The third-order valence-corrected chi connectivity index (χ3v) is 5.02. The van der Waals surface area contributed by atoms with Crippen molar-refractivity contribution in [3.05, 3.63) is 47.3 Å². The molecule has 0 radical (unpaired) electrons. The van der Waals surface area contributed by atoms with Crippen LogP contribution >= 0.6 is 0 Å². The van der Waals surface area contributed by atoms with E-state index in [-0.39, 0.29) is 48.7 Å². The minimum atomic E-state index is -0.832. The van der Waals surface area contributed by atoms with Crippen LogP contribution in [-0.4, -0.2) is 42.6 Å². The summed E-state index contributed by atoms with van der Waals surface area (Å²) >= 11 is 0. The van der Waals surface area contributed by atoms with E-state index in [1.54, 1.807) is 11.8 Å². The van der Waals surface area contributed by atoms with Gasteiger partial charge in [0.1, 0.15) is 17.5 Å². The monoisotopic (exact) mass is 450 g/mol. The average molecular weight is 450 g/mol. The number of aromatic nitrogens is 1. The number of nitrogens with zero attached hydrogens (tertiary/aromatic N) is 2. The summed E-state index contributed by atoms with van der Waals surface area (Å²) in [4.78, 5) is 29.1. The SMILES string of the molecule is CCOC(=O)CCc1cc(F)c(N2CCC(NC(C)=O)C2)nc1Nc1ccc(F)cc1F. The highest BCUT2D eigenvalue weighted by Gasteiger charge is 2.27. The molecule has 10 heteroatoms. The average Bonchev–Trinajstić information content (AvgIpc) is 3.17. The summed E-state index contributed by atoms with van der Waals surface area (Å²) in [6.07, 6.45) is 0.729. The van der Waals surface area contributed by atoms with Gasteiger partial charge in [0.05, 0.1) is 12.3 Å². The Kier molecular flexibility index (Phi) is 7.55. The van der Waals surface area contributed by atoms with Crippen molar-refractivity contribution < 1.29 is 27.5 Å². The molecule has 2 N–H and O–H groups in total. The topological polar surface area (TPSA) is 83.6 Å². The van der Waals surface area contributed by atoms with Crippen LogP contribution in [0.25, 0.3) is 0 Å². The number of rotatable bonds is 8. The number of nitrogens with one attached hydrogen (secondary N) is 2. The van der Waals surface area contributed by atoms with Gasteiger partial charge in [-0.15, -0.1) is 0 Å². The minimum Gasteiger partial charge on any atom is -0.466 e. The maximum absolute atomic E-state index is 15.0. The molecule has 2 heterocycles. The molecule has 1 aliphatic heterocycles. The number of halogens is 3. The molecule has 0 aliphatic carbocycles. The summed E-state index contributed by atoms with van der Waals surface area (Å²) in [6.45, 7) is 4.17. The van der Waals surface area contributed by atoms with Crippen molar-refractivity contribution in [3.63, 3.8) is 0 Å². The molecule has 32 heavy (non-hydrogen) atoms. The normalized spacial score (nSPS) is 15.5. The summed E-state index contributed by atoms with van der Waals surface area (Å²) in [5.74, 6) is -2.59. The van der Waals surface area contributed by atoms with Crippen LogP contribution in [0.15, 0.2) is 24.3 Å². The molecule has 1 saturated heterocycles. The van der Waals surface area contributed by atoms with E-state index in [0.29, 0.717) is 25.1 Å². The Hall–Kier alpha value is -3.30. The van der Waals surface area contributed by atoms with Crippen molar-refractivity contribution in [2.45, 2.75) is 39.2 Å². The molecule has 3 rings (SSSR count). The summed E-state index contributed by atoms with van der Waals surface area (Å²) in [6, 6.07) is 4.14. The van der Waals surface area contributed by atoms with Gasteiger partial charge in [-0.1, -0.05) is 0 Å². The van der Waals surface area contributed by atoms with Crippen LogP contribution in [0.3, 0.4) is 0 Å². The Balaban J connectivity index is 1.90. The van der Waals surface area contributed by atoms with Crippen molar-refractivity contribution in [1.82, 2.24) is 10.3 Å². The van der Waals surface area contributed by atoms with E-state index in [9.17, 15) is 22.8 Å². The molecule has 0 bridgehead atoms. The largest absolute Gasteiger partial charge is 0.466 e. The lowest BCUT2D eigenvalue weighted by molar-refractivity contribution is -0.143. The van der Waals surface area contributed by atoms with E-state index in [4.69, 9.17) is 4.74 Å². The zero-order valence-corrected chi connectivity index (χ0v) is 17.9. The molecule has 1 atom stereocenters. The zero-order chi connectivity index (χ0) is 23.3. The molecule has 2 aromatic rings. The lowest BCUT2D eigenvalue weighted by Gasteiger charge is -2.21. The number of hydrogen-bond acceptors (Lipinski definition) is 6. The Morgan fingerprint density at radius 3 is 2.69 bits per heavy atom. The number of aryl methyl sites for hydroxylation is 1. The molecule has 1 unspecified atom stereocenters. The maximum Gasteiger partial charge on any atom is 0.306 e. The van der Waals surface area contributed by atoms with Crippen molar-refractivity contribution in [2.75, 3.05) is 29.9 Å². The van der Waals surface area contributed by atoms with Gasteiger partial charge in [-0.05, 0) is 43.5 Å². The first-order valence-corrected chi connectivity index (χ1v) is 10.4. The van der Waals surface area contributed by atoms with Gasteiger partial charge in [0.15, 0.2) is 11.6 Å². The number of benzene rings is 1. The molecule has 7 nitrogen and oxygen atoms in total. The molecule has 0 saturated carbocycles. The van der Waals surface area contributed by atoms with Crippen LogP contribution in [-0.2, 0) is 20.7 Å². The van der Waals surface area contributed by atoms with Gasteiger partial charge >= 0.3 is 5.97 Å². The van der Waals surface area contributed by atoms with Crippen LogP contribution in [0.5, 0.6) is 0 Å². The van der Waals surface area contributed by atoms with Crippen molar-refractivity contribution in [2.24, 2.45) is 0 Å². The van der Waals surface area contributed by atoms with Crippen molar-refractivity contribution in [1.29, 1.82) is 0 Å².